The summed E-state index contributed by atoms with van der Waals surface area (Å²) in [5.74, 6) is 0.628. The van der Waals surface area contributed by atoms with Gasteiger partial charge < -0.3 is 10.1 Å². The Morgan fingerprint density at radius 1 is 1.25 bits per heavy atom. The van der Waals surface area contributed by atoms with Gasteiger partial charge in [-0.25, -0.2) is 0 Å². The average molecular weight is 330 g/mol. The molecule has 1 aromatic heterocycles. The molecule has 1 N–H and O–H groups in total. The maximum Gasteiger partial charge on any atom is 0.139 e. The maximum atomic E-state index is 6.41. The lowest BCUT2D eigenvalue weighted by molar-refractivity contribution is 0.340. The molecule has 0 saturated carbocycles. The summed E-state index contributed by atoms with van der Waals surface area (Å²) < 4.78 is 5.47. The SMILES string of the molecule is CCNC(c1ccsc1)c1cc(Cl)c(OCC)cc1Cl. The van der Waals surface area contributed by atoms with Crippen LogP contribution in [0.1, 0.15) is 31.0 Å². The number of benzene rings is 1. The first-order valence-electron chi connectivity index (χ1n) is 6.54. The van der Waals surface area contributed by atoms with Gasteiger partial charge >= 0.3 is 0 Å². The normalized spacial score (nSPS) is 12.4. The first-order chi connectivity index (χ1) is 9.67. The van der Waals surface area contributed by atoms with Crippen LogP contribution in [-0.4, -0.2) is 13.2 Å². The number of thiophene rings is 1. The van der Waals surface area contributed by atoms with Crippen molar-refractivity contribution >= 4 is 34.5 Å². The van der Waals surface area contributed by atoms with E-state index in [9.17, 15) is 0 Å². The van der Waals surface area contributed by atoms with Gasteiger partial charge in [0.2, 0.25) is 0 Å². The van der Waals surface area contributed by atoms with E-state index >= 15 is 0 Å². The summed E-state index contributed by atoms with van der Waals surface area (Å²) in [4.78, 5) is 0. The Hall–Kier alpha value is -0.740. The van der Waals surface area contributed by atoms with Crippen molar-refractivity contribution in [3.05, 3.63) is 50.1 Å². The fraction of sp³-hybridized carbons (Fsp3) is 0.333. The van der Waals surface area contributed by atoms with Gasteiger partial charge in [0, 0.05) is 11.1 Å². The number of halogens is 2. The van der Waals surface area contributed by atoms with Crippen molar-refractivity contribution in [2.75, 3.05) is 13.2 Å². The zero-order valence-electron chi connectivity index (χ0n) is 11.5. The van der Waals surface area contributed by atoms with Crippen molar-refractivity contribution in [1.82, 2.24) is 5.32 Å². The third kappa shape index (κ3) is 3.47. The molecular formula is C15H17Cl2NOS. The summed E-state index contributed by atoms with van der Waals surface area (Å²) in [6.07, 6.45) is 0. The Kier molecular flexibility index (Phi) is 5.73. The molecule has 0 radical (unpaired) electrons. The molecule has 1 heterocycles. The summed E-state index contributed by atoms with van der Waals surface area (Å²) in [5.41, 5.74) is 2.17. The van der Waals surface area contributed by atoms with Gasteiger partial charge in [0.25, 0.3) is 0 Å². The lowest BCUT2D eigenvalue weighted by atomic mass is 10.0. The van der Waals surface area contributed by atoms with Crippen LogP contribution in [0.15, 0.2) is 29.0 Å². The quantitative estimate of drug-likeness (QED) is 0.790. The van der Waals surface area contributed by atoms with Crippen LogP contribution in [0, 0.1) is 0 Å². The molecule has 2 aromatic rings. The average Bonchev–Trinajstić information content (AvgIpc) is 2.94. The van der Waals surface area contributed by atoms with Gasteiger partial charge in [0.15, 0.2) is 0 Å². The molecule has 0 amide bonds. The van der Waals surface area contributed by atoms with Crippen molar-refractivity contribution in [2.45, 2.75) is 19.9 Å². The van der Waals surface area contributed by atoms with Crippen molar-refractivity contribution < 1.29 is 4.74 Å². The molecule has 108 valence electrons. The van der Waals surface area contributed by atoms with Gasteiger partial charge in [0.05, 0.1) is 17.7 Å². The molecule has 0 aliphatic rings. The third-order valence-corrected chi connectivity index (χ3v) is 4.27. The lowest BCUT2D eigenvalue weighted by Gasteiger charge is -2.20. The Labute approximate surface area is 133 Å². The first-order valence-corrected chi connectivity index (χ1v) is 8.24. The molecule has 2 nitrogen and oxygen atoms in total. The van der Waals surface area contributed by atoms with Crippen LogP contribution in [0.25, 0.3) is 0 Å². The molecule has 5 heteroatoms. The minimum Gasteiger partial charge on any atom is -0.492 e. The standard InChI is InChI=1S/C15H17Cl2NOS/c1-3-18-15(10-5-6-20-9-10)11-7-13(17)14(19-4-2)8-12(11)16/h5-9,15,18H,3-4H2,1-2H3. The van der Waals surface area contributed by atoms with E-state index in [1.54, 1.807) is 17.4 Å². The summed E-state index contributed by atoms with van der Waals surface area (Å²) >= 11 is 14.4. The van der Waals surface area contributed by atoms with Crippen LogP contribution < -0.4 is 10.1 Å². The monoisotopic (exact) mass is 329 g/mol. The maximum absolute atomic E-state index is 6.41. The van der Waals surface area contributed by atoms with Gasteiger partial charge in [-0.3, -0.25) is 0 Å². The van der Waals surface area contributed by atoms with Crippen LogP contribution in [-0.2, 0) is 0 Å². The highest BCUT2D eigenvalue weighted by molar-refractivity contribution is 7.08. The summed E-state index contributed by atoms with van der Waals surface area (Å²) in [6.45, 7) is 5.41. The predicted octanol–water partition coefficient (Wildman–Crippen LogP) is 5.15. The zero-order chi connectivity index (χ0) is 14.5. The fourth-order valence-electron chi connectivity index (χ4n) is 2.08. The molecule has 0 bridgehead atoms. The highest BCUT2D eigenvalue weighted by atomic mass is 35.5. The Morgan fingerprint density at radius 3 is 2.65 bits per heavy atom. The van der Waals surface area contributed by atoms with E-state index in [0.29, 0.717) is 22.4 Å². The number of nitrogens with one attached hydrogen (secondary N) is 1. The lowest BCUT2D eigenvalue weighted by Crippen LogP contribution is -2.21. The Morgan fingerprint density at radius 2 is 2.05 bits per heavy atom. The highest BCUT2D eigenvalue weighted by Gasteiger charge is 2.19. The second-order valence-electron chi connectivity index (χ2n) is 4.28. The van der Waals surface area contributed by atoms with E-state index in [1.165, 1.54) is 5.56 Å². The Bertz CT molecular complexity index is 557. The molecular weight excluding hydrogens is 313 g/mol. The summed E-state index contributed by atoms with van der Waals surface area (Å²) in [6, 6.07) is 5.82. The second-order valence-corrected chi connectivity index (χ2v) is 5.88. The Balaban J connectivity index is 2.41. The van der Waals surface area contributed by atoms with E-state index in [2.05, 4.69) is 29.1 Å². The van der Waals surface area contributed by atoms with Crippen molar-refractivity contribution in [2.24, 2.45) is 0 Å². The van der Waals surface area contributed by atoms with Crippen LogP contribution in [0.5, 0.6) is 5.75 Å². The van der Waals surface area contributed by atoms with E-state index in [-0.39, 0.29) is 6.04 Å². The van der Waals surface area contributed by atoms with Crippen molar-refractivity contribution in [3.8, 4) is 5.75 Å². The number of hydrogen-bond donors (Lipinski definition) is 1. The zero-order valence-corrected chi connectivity index (χ0v) is 13.8. The van der Waals surface area contributed by atoms with E-state index < -0.39 is 0 Å². The first kappa shape index (κ1) is 15.6. The molecule has 2 rings (SSSR count). The van der Waals surface area contributed by atoms with Crippen molar-refractivity contribution in [1.29, 1.82) is 0 Å². The van der Waals surface area contributed by atoms with Crippen molar-refractivity contribution in [3.63, 3.8) is 0 Å². The predicted molar refractivity (Wildman–Crippen MR) is 87.5 cm³/mol. The molecule has 1 aromatic carbocycles. The number of ether oxygens (including phenoxy) is 1. The number of rotatable bonds is 6. The van der Waals surface area contributed by atoms with Crippen LogP contribution in [0.3, 0.4) is 0 Å². The smallest absolute Gasteiger partial charge is 0.139 e. The van der Waals surface area contributed by atoms with Gasteiger partial charge in [-0.2, -0.15) is 11.3 Å². The molecule has 0 spiro atoms. The molecule has 0 aliphatic carbocycles. The van der Waals surface area contributed by atoms with E-state index in [4.69, 9.17) is 27.9 Å². The van der Waals surface area contributed by atoms with Gasteiger partial charge in [0.1, 0.15) is 5.75 Å². The molecule has 1 unspecified atom stereocenters. The second kappa shape index (κ2) is 7.32. The molecule has 0 fully saturated rings. The van der Waals surface area contributed by atoms with Crippen LogP contribution in [0.4, 0.5) is 0 Å². The van der Waals surface area contributed by atoms with Gasteiger partial charge in [-0.05, 0) is 47.5 Å². The molecule has 0 aliphatic heterocycles. The number of hydrogen-bond acceptors (Lipinski definition) is 3. The fourth-order valence-corrected chi connectivity index (χ4v) is 3.26. The largest absolute Gasteiger partial charge is 0.492 e. The summed E-state index contributed by atoms with van der Waals surface area (Å²) in [5, 5.41) is 8.87. The van der Waals surface area contributed by atoms with E-state index in [0.717, 1.165) is 12.1 Å². The minimum absolute atomic E-state index is 0.0481. The van der Waals surface area contributed by atoms with Crippen LogP contribution >= 0.6 is 34.5 Å². The third-order valence-electron chi connectivity index (χ3n) is 2.95. The molecule has 20 heavy (non-hydrogen) atoms. The highest BCUT2D eigenvalue weighted by Crippen LogP contribution is 2.36. The van der Waals surface area contributed by atoms with Gasteiger partial charge in [-0.1, -0.05) is 30.1 Å². The van der Waals surface area contributed by atoms with Gasteiger partial charge in [-0.15, -0.1) is 0 Å². The van der Waals surface area contributed by atoms with Crippen LogP contribution in [0.2, 0.25) is 10.0 Å². The topological polar surface area (TPSA) is 21.3 Å². The minimum atomic E-state index is 0.0481. The molecule has 0 saturated heterocycles. The summed E-state index contributed by atoms with van der Waals surface area (Å²) in [7, 11) is 0. The molecule has 1 atom stereocenters. The van der Waals surface area contributed by atoms with E-state index in [1.807, 2.05) is 13.0 Å².